The Morgan fingerprint density at radius 2 is 2.24 bits per heavy atom. The number of hydrogen-bond donors (Lipinski definition) is 2. The van der Waals surface area contributed by atoms with Gasteiger partial charge in [0, 0.05) is 30.2 Å². The normalized spacial score (nSPS) is 10.1. The number of amides is 1. The van der Waals surface area contributed by atoms with Gasteiger partial charge in [0.15, 0.2) is 0 Å². The summed E-state index contributed by atoms with van der Waals surface area (Å²) in [7, 11) is 0. The third-order valence-electron chi connectivity index (χ3n) is 2.31. The Balaban J connectivity index is 1.88. The molecule has 5 heteroatoms. The van der Waals surface area contributed by atoms with Crippen LogP contribution in [0.5, 0.6) is 0 Å². The summed E-state index contributed by atoms with van der Waals surface area (Å²) in [5.41, 5.74) is 6.74. The van der Waals surface area contributed by atoms with Gasteiger partial charge in [-0.3, -0.25) is 4.79 Å². The molecule has 1 aromatic carbocycles. The largest absolute Gasteiger partial charge is 0.398 e. The lowest BCUT2D eigenvalue weighted by Gasteiger charge is -2.06. The first-order valence-corrected chi connectivity index (χ1v) is 6.16. The van der Waals surface area contributed by atoms with Crippen LogP contribution in [0, 0.1) is 0 Å². The van der Waals surface area contributed by atoms with Crippen molar-refractivity contribution in [3.05, 3.63) is 46.4 Å². The second-order valence-corrected chi connectivity index (χ2v) is 4.50. The average molecular weight is 247 g/mol. The van der Waals surface area contributed by atoms with Gasteiger partial charge in [0.25, 0.3) is 5.91 Å². The molecule has 4 nitrogen and oxygen atoms in total. The van der Waals surface area contributed by atoms with E-state index in [1.165, 1.54) is 0 Å². The van der Waals surface area contributed by atoms with Gasteiger partial charge in [0.05, 0.1) is 10.6 Å². The maximum absolute atomic E-state index is 11.8. The highest BCUT2D eigenvalue weighted by atomic mass is 32.1. The SMILES string of the molecule is Nc1ccccc1C(=O)NCCc1nccs1. The average Bonchev–Trinajstić information content (AvgIpc) is 2.82. The Kier molecular flexibility index (Phi) is 3.72. The first-order chi connectivity index (χ1) is 8.27. The first-order valence-electron chi connectivity index (χ1n) is 5.28. The van der Waals surface area contributed by atoms with Crippen molar-refractivity contribution in [3.63, 3.8) is 0 Å². The highest BCUT2D eigenvalue weighted by molar-refractivity contribution is 7.09. The molecule has 0 unspecified atom stereocenters. The number of nitrogens with two attached hydrogens (primary N) is 1. The van der Waals surface area contributed by atoms with Crippen LogP contribution in [0.15, 0.2) is 35.8 Å². The number of benzene rings is 1. The zero-order valence-electron chi connectivity index (χ0n) is 9.22. The summed E-state index contributed by atoms with van der Waals surface area (Å²) in [6, 6.07) is 7.04. The first kappa shape index (κ1) is 11.6. The summed E-state index contributed by atoms with van der Waals surface area (Å²) in [5.74, 6) is -0.139. The topological polar surface area (TPSA) is 68.0 Å². The van der Waals surface area contributed by atoms with Crippen LogP contribution in [0.25, 0.3) is 0 Å². The van der Waals surface area contributed by atoms with E-state index >= 15 is 0 Å². The molecule has 0 bridgehead atoms. The quantitative estimate of drug-likeness (QED) is 0.808. The van der Waals surface area contributed by atoms with Crippen LogP contribution < -0.4 is 11.1 Å². The number of rotatable bonds is 4. The van der Waals surface area contributed by atoms with Crippen LogP contribution in [-0.2, 0) is 6.42 Å². The lowest BCUT2D eigenvalue weighted by molar-refractivity contribution is 0.0955. The van der Waals surface area contributed by atoms with Crippen LogP contribution >= 0.6 is 11.3 Å². The summed E-state index contributed by atoms with van der Waals surface area (Å²) in [6.45, 7) is 0.570. The van der Waals surface area contributed by atoms with Crippen LogP contribution in [0.2, 0.25) is 0 Å². The number of nitrogens with zero attached hydrogens (tertiary/aromatic N) is 1. The summed E-state index contributed by atoms with van der Waals surface area (Å²) in [4.78, 5) is 15.9. The van der Waals surface area contributed by atoms with E-state index in [0.717, 1.165) is 11.4 Å². The molecule has 3 N–H and O–H groups in total. The van der Waals surface area contributed by atoms with E-state index in [1.54, 1.807) is 35.7 Å². The maximum atomic E-state index is 11.8. The maximum Gasteiger partial charge on any atom is 0.253 e. The molecule has 2 aromatic rings. The molecule has 0 aliphatic carbocycles. The van der Waals surface area contributed by atoms with Gasteiger partial charge in [0.1, 0.15) is 0 Å². The zero-order chi connectivity index (χ0) is 12.1. The Morgan fingerprint density at radius 1 is 1.41 bits per heavy atom. The molecule has 0 fully saturated rings. The van der Waals surface area contributed by atoms with Crippen LogP contribution in [0.3, 0.4) is 0 Å². The van der Waals surface area contributed by atoms with Gasteiger partial charge in [-0.15, -0.1) is 11.3 Å². The number of nitrogen functional groups attached to an aromatic ring is 1. The van der Waals surface area contributed by atoms with E-state index in [0.29, 0.717) is 17.8 Å². The summed E-state index contributed by atoms with van der Waals surface area (Å²) < 4.78 is 0. The number of nitrogens with one attached hydrogen (secondary N) is 1. The molecule has 0 saturated carbocycles. The molecule has 17 heavy (non-hydrogen) atoms. The molecule has 0 spiro atoms. The minimum Gasteiger partial charge on any atom is -0.398 e. The fourth-order valence-electron chi connectivity index (χ4n) is 1.46. The fourth-order valence-corrected chi connectivity index (χ4v) is 2.08. The number of thiazole rings is 1. The third kappa shape index (κ3) is 3.04. The second-order valence-electron chi connectivity index (χ2n) is 3.52. The summed E-state index contributed by atoms with van der Waals surface area (Å²) >= 11 is 1.59. The number of carbonyl (C=O) groups is 1. The van der Waals surface area contributed by atoms with Gasteiger partial charge in [-0.05, 0) is 12.1 Å². The van der Waals surface area contributed by atoms with Crippen molar-refractivity contribution < 1.29 is 4.79 Å². The zero-order valence-corrected chi connectivity index (χ0v) is 10.0. The third-order valence-corrected chi connectivity index (χ3v) is 3.15. The predicted molar refractivity (Wildman–Crippen MR) is 69.0 cm³/mol. The molecular formula is C12H13N3OS. The van der Waals surface area contributed by atoms with E-state index in [4.69, 9.17) is 5.73 Å². The number of para-hydroxylation sites is 1. The number of aromatic nitrogens is 1. The van der Waals surface area contributed by atoms with Crippen LogP contribution in [0.1, 0.15) is 15.4 Å². The van der Waals surface area contributed by atoms with Crippen molar-refractivity contribution in [2.45, 2.75) is 6.42 Å². The molecular weight excluding hydrogens is 234 g/mol. The van der Waals surface area contributed by atoms with Gasteiger partial charge < -0.3 is 11.1 Å². The molecule has 1 heterocycles. The Labute approximate surface area is 103 Å². The van der Waals surface area contributed by atoms with E-state index in [-0.39, 0.29) is 5.91 Å². The fraction of sp³-hybridized carbons (Fsp3) is 0.167. The molecule has 0 aliphatic heterocycles. The molecule has 2 rings (SSSR count). The van der Waals surface area contributed by atoms with Crippen molar-refractivity contribution in [1.29, 1.82) is 0 Å². The minimum absolute atomic E-state index is 0.139. The number of hydrogen-bond acceptors (Lipinski definition) is 4. The van der Waals surface area contributed by atoms with Crippen molar-refractivity contribution in [2.24, 2.45) is 0 Å². The monoisotopic (exact) mass is 247 g/mol. The van der Waals surface area contributed by atoms with Gasteiger partial charge >= 0.3 is 0 Å². The molecule has 0 atom stereocenters. The minimum atomic E-state index is -0.139. The molecule has 0 saturated heterocycles. The van der Waals surface area contributed by atoms with Crippen molar-refractivity contribution in [2.75, 3.05) is 12.3 Å². The van der Waals surface area contributed by atoms with E-state index in [9.17, 15) is 4.79 Å². The van der Waals surface area contributed by atoms with E-state index in [1.807, 2.05) is 11.4 Å². The van der Waals surface area contributed by atoms with Crippen molar-refractivity contribution >= 4 is 22.9 Å². The molecule has 1 aromatic heterocycles. The Morgan fingerprint density at radius 3 is 2.94 bits per heavy atom. The Bertz CT molecular complexity index is 496. The van der Waals surface area contributed by atoms with Gasteiger partial charge in [-0.25, -0.2) is 4.98 Å². The number of carbonyl (C=O) groups excluding carboxylic acids is 1. The van der Waals surface area contributed by atoms with Crippen molar-refractivity contribution in [1.82, 2.24) is 10.3 Å². The highest BCUT2D eigenvalue weighted by Gasteiger charge is 2.07. The van der Waals surface area contributed by atoms with E-state index in [2.05, 4.69) is 10.3 Å². The molecule has 88 valence electrons. The molecule has 0 radical (unpaired) electrons. The van der Waals surface area contributed by atoms with Crippen LogP contribution in [-0.4, -0.2) is 17.4 Å². The lowest BCUT2D eigenvalue weighted by Crippen LogP contribution is -2.26. The number of anilines is 1. The standard InChI is InChI=1S/C12H13N3OS/c13-10-4-2-1-3-9(10)12(16)15-6-5-11-14-7-8-17-11/h1-4,7-8H,5-6,13H2,(H,15,16). The smallest absolute Gasteiger partial charge is 0.253 e. The van der Waals surface area contributed by atoms with Gasteiger partial charge in [-0.1, -0.05) is 12.1 Å². The van der Waals surface area contributed by atoms with Crippen LogP contribution in [0.4, 0.5) is 5.69 Å². The van der Waals surface area contributed by atoms with E-state index < -0.39 is 0 Å². The summed E-state index contributed by atoms with van der Waals surface area (Å²) in [5, 5.41) is 5.77. The second kappa shape index (κ2) is 5.45. The van der Waals surface area contributed by atoms with Gasteiger partial charge in [0.2, 0.25) is 0 Å². The molecule has 1 amide bonds. The predicted octanol–water partition coefficient (Wildman–Crippen LogP) is 1.70. The highest BCUT2D eigenvalue weighted by Crippen LogP contribution is 2.10. The van der Waals surface area contributed by atoms with Gasteiger partial charge in [-0.2, -0.15) is 0 Å². The lowest BCUT2D eigenvalue weighted by atomic mass is 10.1. The van der Waals surface area contributed by atoms with Crippen molar-refractivity contribution in [3.8, 4) is 0 Å². The molecule has 0 aliphatic rings. The Hall–Kier alpha value is -1.88. The summed E-state index contributed by atoms with van der Waals surface area (Å²) in [6.07, 6.45) is 2.51.